The molecule has 0 bridgehead atoms. The Morgan fingerprint density at radius 2 is 1.55 bits per heavy atom. The first-order chi connectivity index (χ1) is 13.2. The quantitative estimate of drug-likeness (QED) is 0.435. The molecule has 0 spiro atoms. The summed E-state index contributed by atoms with van der Waals surface area (Å²) in [6, 6.07) is 5.91. The van der Waals surface area contributed by atoms with E-state index in [0.29, 0.717) is 5.56 Å². The van der Waals surface area contributed by atoms with Gasteiger partial charge in [-0.1, -0.05) is 81.7 Å². The third kappa shape index (κ3) is 7.52. The number of aromatic nitrogens is 3. The van der Waals surface area contributed by atoms with Crippen molar-refractivity contribution in [3.8, 4) is 11.4 Å². The maximum atomic E-state index is 12.2. The van der Waals surface area contributed by atoms with E-state index >= 15 is 0 Å². The largest absolute Gasteiger partial charge is 0.351 e. The molecule has 0 atom stereocenters. The molecule has 0 aliphatic rings. The molecule has 8 nitrogen and oxygen atoms in total. The molecule has 15 heteroatoms. The fourth-order valence-electron chi connectivity index (χ4n) is 1.95. The van der Waals surface area contributed by atoms with Crippen LogP contribution in [-0.4, -0.2) is 46.1 Å². The molecule has 2 aromatic rings. The van der Waals surface area contributed by atoms with Gasteiger partial charge in [-0.2, -0.15) is 8.42 Å². The summed E-state index contributed by atoms with van der Waals surface area (Å²) >= 11 is 35.0. The number of hydrogen-bond acceptors (Lipinski definition) is 6. The number of rotatable bonds is 5. The van der Waals surface area contributed by atoms with Gasteiger partial charge in [0.1, 0.15) is 0 Å². The van der Waals surface area contributed by atoms with Gasteiger partial charge in [0.25, 0.3) is 16.0 Å². The third-order valence-corrected chi connectivity index (χ3v) is 4.91. The Morgan fingerprint density at radius 1 is 1.00 bits per heavy atom. The minimum Gasteiger partial charge on any atom is -0.351 e. The van der Waals surface area contributed by atoms with E-state index in [9.17, 15) is 13.2 Å². The van der Waals surface area contributed by atoms with Gasteiger partial charge in [-0.05, 0) is 12.1 Å². The Hall–Kier alpha value is -0.650. The highest BCUT2D eigenvalue weighted by molar-refractivity contribution is 7.85. The molecule has 0 radical (unpaired) electrons. The van der Waals surface area contributed by atoms with Crippen LogP contribution in [0.4, 0.5) is 0 Å². The zero-order valence-corrected chi connectivity index (χ0v) is 19.3. The lowest BCUT2D eigenvalue weighted by Gasteiger charge is -2.15. The van der Waals surface area contributed by atoms with Crippen molar-refractivity contribution in [1.82, 2.24) is 20.3 Å². The van der Waals surface area contributed by atoms with Gasteiger partial charge in [0.15, 0.2) is 17.5 Å². The maximum Gasteiger partial charge on any atom is 0.266 e. The van der Waals surface area contributed by atoms with Gasteiger partial charge in [0.2, 0.25) is 7.59 Å². The number of amides is 1. The molecular weight excluding hydrogens is 533 g/mol. The highest BCUT2D eigenvalue weighted by Gasteiger charge is 2.34. The van der Waals surface area contributed by atoms with Gasteiger partial charge >= 0.3 is 0 Å². The summed E-state index contributed by atoms with van der Waals surface area (Å²) in [5, 5.41) is 2.35. The summed E-state index contributed by atoms with van der Waals surface area (Å²) in [5.74, 6) is -1.86. The van der Waals surface area contributed by atoms with Crippen LogP contribution in [0, 0.1) is 0 Å². The molecule has 1 heterocycles. The molecule has 2 N–H and O–H groups in total. The van der Waals surface area contributed by atoms with Gasteiger partial charge in [-0.25, -0.2) is 15.0 Å². The lowest BCUT2D eigenvalue weighted by molar-refractivity contribution is 0.0956. The molecule has 158 valence electrons. The van der Waals surface area contributed by atoms with E-state index in [2.05, 4.69) is 20.3 Å². The highest BCUT2D eigenvalue weighted by atomic mass is 35.6. The number of carbonyl (C=O) groups excluding carboxylic acids is 1. The van der Waals surface area contributed by atoms with Gasteiger partial charge in [-0.3, -0.25) is 9.35 Å². The van der Waals surface area contributed by atoms with E-state index in [1.54, 1.807) is 6.07 Å². The van der Waals surface area contributed by atoms with Crippen molar-refractivity contribution >= 4 is 85.6 Å². The summed E-state index contributed by atoms with van der Waals surface area (Å²) in [6.45, 7) is -0.289. The Kier molecular flexibility index (Phi) is 7.84. The van der Waals surface area contributed by atoms with E-state index in [1.807, 2.05) is 0 Å². The third-order valence-electron chi connectivity index (χ3n) is 3.17. The van der Waals surface area contributed by atoms with Crippen molar-refractivity contribution in [2.24, 2.45) is 0 Å². The van der Waals surface area contributed by atoms with Crippen LogP contribution in [0.3, 0.4) is 0 Å². The Labute approximate surface area is 195 Å². The predicted molar refractivity (Wildman–Crippen MR) is 112 cm³/mol. The van der Waals surface area contributed by atoms with Gasteiger partial charge in [0.05, 0.1) is 5.75 Å². The van der Waals surface area contributed by atoms with Gasteiger partial charge in [-0.15, -0.1) is 0 Å². The van der Waals surface area contributed by atoms with E-state index in [4.69, 9.17) is 74.2 Å². The number of nitrogens with one attached hydrogen (secondary N) is 1. The first kappa shape index (κ1) is 24.6. The summed E-state index contributed by atoms with van der Waals surface area (Å²) in [6.07, 6.45) is 0. The van der Waals surface area contributed by atoms with Crippen molar-refractivity contribution in [3.05, 3.63) is 41.5 Å². The van der Waals surface area contributed by atoms with Crippen LogP contribution < -0.4 is 5.32 Å². The molecule has 0 fully saturated rings. The van der Waals surface area contributed by atoms with Crippen molar-refractivity contribution < 1.29 is 17.8 Å². The first-order valence-corrected chi connectivity index (χ1v) is 11.3. The molecule has 29 heavy (non-hydrogen) atoms. The zero-order chi connectivity index (χ0) is 22.0. The van der Waals surface area contributed by atoms with Crippen LogP contribution in [0.25, 0.3) is 11.4 Å². The van der Waals surface area contributed by atoms with E-state index in [1.165, 1.54) is 18.2 Å². The second-order valence-electron chi connectivity index (χ2n) is 5.42. The van der Waals surface area contributed by atoms with Crippen LogP contribution in [0.5, 0.6) is 0 Å². The highest BCUT2D eigenvalue weighted by Crippen LogP contribution is 2.40. The number of carbonyl (C=O) groups is 1. The van der Waals surface area contributed by atoms with Crippen molar-refractivity contribution in [1.29, 1.82) is 0 Å². The fraction of sp³-hybridized carbons (Fsp3) is 0.286. The molecule has 0 aliphatic heterocycles. The van der Waals surface area contributed by atoms with E-state index in [0.717, 1.165) is 0 Å². The minimum absolute atomic E-state index is 0.0322. The lowest BCUT2D eigenvalue weighted by atomic mass is 10.1. The van der Waals surface area contributed by atoms with E-state index in [-0.39, 0.29) is 29.6 Å². The molecule has 0 aliphatic carbocycles. The van der Waals surface area contributed by atoms with E-state index < -0.39 is 29.4 Å². The Balaban J connectivity index is 2.40. The molecule has 0 saturated carbocycles. The minimum atomic E-state index is -4.21. The van der Waals surface area contributed by atoms with Gasteiger partial charge < -0.3 is 5.32 Å². The molecule has 1 aromatic carbocycles. The Morgan fingerprint density at radius 3 is 2.03 bits per heavy atom. The summed E-state index contributed by atoms with van der Waals surface area (Å²) in [7, 11) is -4.21. The SMILES string of the molecule is O=C(NCCS(=O)(=O)O)c1cccc(-c2nc(C(Cl)(Cl)Cl)nc(C(Cl)(Cl)Cl)n2)c1. The molecule has 1 amide bonds. The summed E-state index contributed by atoms with van der Waals surface area (Å²) in [5.41, 5.74) is 0.449. The fourth-order valence-corrected chi connectivity index (χ4v) is 2.82. The van der Waals surface area contributed by atoms with Crippen LogP contribution >= 0.6 is 69.6 Å². The average Bonchev–Trinajstić information content (AvgIpc) is 2.59. The first-order valence-electron chi connectivity index (χ1n) is 7.41. The van der Waals surface area contributed by atoms with Crippen molar-refractivity contribution in [3.63, 3.8) is 0 Å². The smallest absolute Gasteiger partial charge is 0.266 e. The normalized spacial score (nSPS) is 12.7. The van der Waals surface area contributed by atoms with Gasteiger partial charge in [0, 0.05) is 17.7 Å². The molecule has 0 saturated heterocycles. The topological polar surface area (TPSA) is 122 Å². The van der Waals surface area contributed by atoms with Crippen LogP contribution in [0.1, 0.15) is 22.0 Å². The maximum absolute atomic E-state index is 12.2. The number of hydrogen-bond donors (Lipinski definition) is 2. The zero-order valence-electron chi connectivity index (χ0n) is 13.9. The molecule has 1 aromatic heterocycles. The molecule has 0 unspecified atom stereocenters. The number of alkyl halides is 6. The molecule has 2 rings (SSSR count). The second-order valence-corrected chi connectivity index (χ2v) is 11.6. The average molecular weight is 543 g/mol. The summed E-state index contributed by atoms with van der Waals surface area (Å²) in [4.78, 5) is 24.1. The number of halogens is 6. The monoisotopic (exact) mass is 540 g/mol. The summed E-state index contributed by atoms with van der Waals surface area (Å²) < 4.78 is 26.1. The second kappa shape index (κ2) is 9.23. The number of nitrogens with zero attached hydrogens (tertiary/aromatic N) is 3. The molecular formula is C14H10Cl6N4O4S. The van der Waals surface area contributed by atoms with Crippen molar-refractivity contribution in [2.75, 3.05) is 12.3 Å². The standard InChI is InChI=1S/C14H10Cl6N4O4S/c15-13(16,17)11-22-9(23-12(24-11)14(18,19)20)7-2-1-3-8(6-7)10(25)21-4-5-29(26,27)28/h1-3,6H,4-5H2,(H,21,25)(H,26,27,28). The van der Waals surface area contributed by atoms with Crippen LogP contribution in [0.15, 0.2) is 24.3 Å². The van der Waals surface area contributed by atoms with Crippen LogP contribution in [-0.2, 0) is 17.7 Å². The Bertz CT molecular complexity index is 991. The van der Waals surface area contributed by atoms with Crippen molar-refractivity contribution in [2.45, 2.75) is 7.59 Å². The lowest BCUT2D eigenvalue weighted by Crippen LogP contribution is -2.28. The predicted octanol–water partition coefficient (Wildman–Crippen LogP) is 3.81. The number of benzene rings is 1. The van der Waals surface area contributed by atoms with Crippen LogP contribution in [0.2, 0.25) is 0 Å².